The van der Waals surface area contributed by atoms with Gasteiger partial charge in [-0.25, -0.2) is 4.79 Å². The van der Waals surface area contributed by atoms with Crippen molar-refractivity contribution < 1.29 is 24.2 Å². The molecule has 1 aliphatic rings. The molecular weight excluding hydrogens is 240 g/mol. The monoisotopic (exact) mass is 258 g/mol. The van der Waals surface area contributed by atoms with Gasteiger partial charge >= 0.3 is 18.0 Å². The Morgan fingerprint density at radius 1 is 1.39 bits per heavy atom. The van der Waals surface area contributed by atoms with Gasteiger partial charge < -0.3 is 20.1 Å². The van der Waals surface area contributed by atoms with Crippen LogP contribution in [0.5, 0.6) is 0 Å². The van der Waals surface area contributed by atoms with E-state index in [1.165, 1.54) is 12.0 Å². The fraction of sp³-hybridized carbons (Fsp3) is 0.727. The Kier molecular flexibility index (Phi) is 4.94. The molecule has 0 saturated carbocycles. The van der Waals surface area contributed by atoms with Gasteiger partial charge in [0.05, 0.1) is 19.4 Å². The summed E-state index contributed by atoms with van der Waals surface area (Å²) in [6.07, 6.45) is 0.105. The largest absolute Gasteiger partial charge is 0.481 e. The minimum Gasteiger partial charge on any atom is -0.481 e. The quantitative estimate of drug-likeness (QED) is 0.687. The minimum absolute atomic E-state index is 0.0612. The number of nitrogens with zero attached hydrogens (tertiary/aromatic N) is 1. The lowest BCUT2D eigenvalue weighted by atomic mass is 9.99. The Bertz CT molecular complexity index is 344. The average Bonchev–Trinajstić information content (AvgIpc) is 2.71. The van der Waals surface area contributed by atoms with Crippen LogP contribution in [-0.2, 0) is 14.3 Å². The molecule has 1 fully saturated rings. The molecule has 18 heavy (non-hydrogen) atoms. The Morgan fingerprint density at radius 3 is 2.56 bits per heavy atom. The summed E-state index contributed by atoms with van der Waals surface area (Å²) in [5.41, 5.74) is 0. The second-order valence-corrected chi connectivity index (χ2v) is 4.39. The molecule has 2 amide bonds. The number of ether oxygens (including phenoxy) is 1. The molecule has 1 saturated heterocycles. The predicted octanol–water partition coefficient (Wildman–Crippen LogP) is -0.0884. The van der Waals surface area contributed by atoms with Crippen LogP contribution in [0.25, 0.3) is 0 Å². The van der Waals surface area contributed by atoms with E-state index in [4.69, 9.17) is 5.11 Å². The Balaban J connectivity index is 2.35. The highest BCUT2D eigenvalue weighted by atomic mass is 16.5. The maximum atomic E-state index is 11.7. The van der Waals surface area contributed by atoms with E-state index < -0.39 is 17.9 Å². The summed E-state index contributed by atoms with van der Waals surface area (Å²) in [4.78, 5) is 34.9. The van der Waals surface area contributed by atoms with Crippen molar-refractivity contribution in [2.75, 3.05) is 26.7 Å². The first-order chi connectivity index (χ1) is 8.45. The number of aliphatic carboxylic acids is 1. The summed E-state index contributed by atoms with van der Waals surface area (Å²) in [6.45, 7) is 2.62. The van der Waals surface area contributed by atoms with E-state index in [-0.39, 0.29) is 31.5 Å². The van der Waals surface area contributed by atoms with Gasteiger partial charge in [0.15, 0.2) is 0 Å². The summed E-state index contributed by atoms with van der Waals surface area (Å²) >= 11 is 0. The number of carboxylic acid groups (broad SMARTS) is 1. The number of nitrogens with one attached hydrogen (secondary N) is 1. The molecule has 0 aromatic heterocycles. The molecule has 0 spiro atoms. The highest BCUT2D eigenvalue weighted by Gasteiger charge is 2.36. The van der Waals surface area contributed by atoms with Crippen molar-refractivity contribution in [3.8, 4) is 0 Å². The third-order valence-corrected chi connectivity index (χ3v) is 3.05. The SMILES string of the molecule is COC(=O)CCNC(=O)N1CC(C)C(C(=O)O)C1. The van der Waals surface area contributed by atoms with Crippen molar-refractivity contribution in [1.29, 1.82) is 0 Å². The molecule has 0 bridgehead atoms. The van der Waals surface area contributed by atoms with E-state index in [2.05, 4.69) is 10.1 Å². The van der Waals surface area contributed by atoms with E-state index in [9.17, 15) is 14.4 Å². The van der Waals surface area contributed by atoms with Gasteiger partial charge in [-0.1, -0.05) is 6.92 Å². The van der Waals surface area contributed by atoms with Crippen LogP contribution in [0, 0.1) is 11.8 Å². The number of urea groups is 1. The molecule has 7 nitrogen and oxygen atoms in total. The van der Waals surface area contributed by atoms with Gasteiger partial charge in [0, 0.05) is 19.6 Å². The number of likely N-dealkylation sites (tertiary alicyclic amines) is 1. The maximum absolute atomic E-state index is 11.7. The molecule has 1 rings (SSSR count). The van der Waals surface area contributed by atoms with E-state index in [1.54, 1.807) is 6.92 Å². The number of carboxylic acids is 1. The number of carbonyl (C=O) groups excluding carboxylic acids is 2. The van der Waals surface area contributed by atoms with Crippen LogP contribution in [0.4, 0.5) is 4.79 Å². The molecule has 2 atom stereocenters. The first-order valence-electron chi connectivity index (χ1n) is 5.78. The highest BCUT2D eigenvalue weighted by molar-refractivity contribution is 5.78. The normalized spacial score (nSPS) is 22.7. The van der Waals surface area contributed by atoms with E-state index in [0.29, 0.717) is 6.54 Å². The van der Waals surface area contributed by atoms with Crippen molar-refractivity contribution in [3.05, 3.63) is 0 Å². The van der Waals surface area contributed by atoms with Gasteiger partial charge in [0.1, 0.15) is 0 Å². The minimum atomic E-state index is -0.882. The van der Waals surface area contributed by atoms with Crippen LogP contribution in [0.3, 0.4) is 0 Å². The molecule has 102 valence electrons. The number of rotatable bonds is 4. The lowest BCUT2D eigenvalue weighted by Crippen LogP contribution is -2.39. The Morgan fingerprint density at radius 2 is 2.06 bits per heavy atom. The first-order valence-corrected chi connectivity index (χ1v) is 5.78. The number of hydrogen-bond acceptors (Lipinski definition) is 4. The van der Waals surface area contributed by atoms with Crippen LogP contribution in [0.2, 0.25) is 0 Å². The molecule has 0 aromatic carbocycles. The maximum Gasteiger partial charge on any atom is 0.317 e. The summed E-state index contributed by atoms with van der Waals surface area (Å²) in [6, 6.07) is -0.338. The van der Waals surface area contributed by atoms with Crippen LogP contribution in [-0.4, -0.2) is 54.7 Å². The third-order valence-electron chi connectivity index (χ3n) is 3.05. The number of carbonyl (C=O) groups is 3. The van der Waals surface area contributed by atoms with Gasteiger partial charge in [0.2, 0.25) is 0 Å². The van der Waals surface area contributed by atoms with Crippen LogP contribution < -0.4 is 5.32 Å². The zero-order valence-electron chi connectivity index (χ0n) is 10.5. The smallest absolute Gasteiger partial charge is 0.317 e. The average molecular weight is 258 g/mol. The van der Waals surface area contributed by atoms with E-state index in [1.807, 2.05) is 0 Å². The second-order valence-electron chi connectivity index (χ2n) is 4.39. The van der Waals surface area contributed by atoms with Gasteiger partial charge in [-0.15, -0.1) is 0 Å². The fourth-order valence-electron chi connectivity index (χ4n) is 1.94. The van der Waals surface area contributed by atoms with Gasteiger partial charge in [-0.3, -0.25) is 9.59 Å². The van der Waals surface area contributed by atoms with Crippen molar-refractivity contribution in [2.45, 2.75) is 13.3 Å². The molecule has 1 heterocycles. The van der Waals surface area contributed by atoms with Crippen LogP contribution in [0.15, 0.2) is 0 Å². The van der Waals surface area contributed by atoms with Crippen LogP contribution in [0.1, 0.15) is 13.3 Å². The number of methoxy groups -OCH3 is 1. The summed E-state index contributed by atoms with van der Waals surface area (Å²) in [5.74, 6) is -1.86. The van der Waals surface area contributed by atoms with Crippen LogP contribution >= 0.6 is 0 Å². The predicted molar refractivity (Wildman–Crippen MR) is 61.9 cm³/mol. The molecule has 2 unspecified atom stereocenters. The van der Waals surface area contributed by atoms with Crippen molar-refractivity contribution in [2.24, 2.45) is 11.8 Å². The van der Waals surface area contributed by atoms with Crippen molar-refractivity contribution in [1.82, 2.24) is 10.2 Å². The standard InChI is InChI=1S/C11H18N2O5/c1-7-5-13(6-8(7)10(15)16)11(17)12-4-3-9(14)18-2/h7-8H,3-6H2,1-2H3,(H,12,17)(H,15,16). The highest BCUT2D eigenvalue weighted by Crippen LogP contribution is 2.22. The third kappa shape index (κ3) is 3.61. The van der Waals surface area contributed by atoms with Crippen molar-refractivity contribution >= 4 is 18.0 Å². The summed E-state index contributed by atoms with van der Waals surface area (Å²) in [7, 11) is 1.28. The van der Waals surface area contributed by atoms with E-state index >= 15 is 0 Å². The van der Waals surface area contributed by atoms with Gasteiger partial charge in [-0.05, 0) is 5.92 Å². The Hall–Kier alpha value is -1.79. The Labute approximate surface area is 105 Å². The topological polar surface area (TPSA) is 95.9 Å². The fourth-order valence-corrected chi connectivity index (χ4v) is 1.94. The number of hydrogen-bond donors (Lipinski definition) is 2. The molecule has 0 aromatic rings. The zero-order valence-corrected chi connectivity index (χ0v) is 10.5. The van der Waals surface area contributed by atoms with E-state index in [0.717, 1.165) is 0 Å². The number of esters is 1. The lowest BCUT2D eigenvalue weighted by Gasteiger charge is -2.16. The molecule has 1 aliphatic heterocycles. The first kappa shape index (κ1) is 14.3. The molecular formula is C11H18N2O5. The van der Waals surface area contributed by atoms with Gasteiger partial charge in [0.25, 0.3) is 0 Å². The zero-order chi connectivity index (χ0) is 13.7. The summed E-state index contributed by atoms with van der Waals surface area (Å²) in [5, 5.41) is 11.5. The van der Waals surface area contributed by atoms with Crippen molar-refractivity contribution in [3.63, 3.8) is 0 Å². The molecule has 0 radical (unpaired) electrons. The molecule has 2 N–H and O–H groups in total. The number of amides is 2. The molecule has 7 heteroatoms. The molecule has 0 aliphatic carbocycles. The summed E-state index contributed by atoms with van der Waals surface area (Å²) < 4.78 is 4.44. The lowest BCUT2D eigenvalue weighted by molar-refractivity contribution is -0.142. The van der Waals surface area contributed by atoms with Gasteiger partial charge in [-0.2, -0.15) is 0 Å². The second kappa shape index (κ2) is 6.23.